The molecule has 1 unspecified atom stereocenters. The van der Waals surface area contributed by atoms with E-state index in [1.165, 1.54) is 12.3 Å². The van der Waals surface area contributed by atoms with Crippen LogP contribution in [0.3, 0.4) is 0 Å². The number of benzene rings is 2. The van der Waals surface area contributed by atoms with Crippen LogP contribution in [-0.2, 0) is 0 Å². The van der Waals surface area contributed by atoms with Crippen LogP contribution >= 0.6 is 11.6 Å². The normalized spacial score (nSPS) is 12.0. The Morgan fingerprint density at radius 1 is 1.19 bits per heavy atom. The van der Waals surface area contributed by atoms with E-state index in [-0.39, 0.29) is 11.5 Å². The van der Waals surface area contributed by atoms with Crippen LogP contribution in [0.1, 0.15) is 34.6 Å². The molecule has 1 N–H and O–H groups in total. The SMILES string of the molecule is Cc1c(C(=O)NC(C)c2ccc(F)cc2F)cnn1-c1ccc(Cl)cc1. The highest BCUT2D eigenvalue weighted by Gasteiger charge is 2.19. The lowest BCUT2D eigenvalue weighted by atomic mass is 10.1. The van der Waals surface area contributed by atoms with Gasteiger partial charge in [-0.1, -0.05) is 17.7 Å². The standard InChI is InChI=1S/C19H16ClF2N3O/c1-11(16-8-5-14(21)9-18(16)22)24-19(26)17-10-23-25(12(17)2)15-6-3-13(20)4-7-15/h3-11H,1-2H3,(H,24,26). The van der Waals surface area contributed by atoms with Gasteiger partial charge in [0.2, 0.25) is 0 Å². The van der Waals surface area contributed by atoms with Crippen molar-refractivity contribution in [3.8, 4) is 5.69 Å². The molecule has 1 aromatic heterocycles. The number of hydrogen-bond acceptors (Lipinski definition) is 2. The van der Waals surface area contributed by atoms with E-state index in [0.29, 0.717) is 16.3 Å². The summed E-state index contributed by atoms with van der Waals surface area (Å²) in [5, 5.41) is 7.55. The van der Waals surface area contributed by atoms with Gasteiger partial charge in [-0.25, -0.2) is 13.5 Å². The highest BCUT2D eigenvalue weighted by Crippen LogP contribution is 2.20. The van der Waals surface area contributed by atoms with Gasteiger partial charge in [0.15, 0.2) is 0 Å². The first kappa shape index (κ1) is 18.1. The van der Waals surface area contributed by atoms with Crippen LogP contribution in [0.2, 0.25) is 5.02 Å². The van der Waals surface area contributed by atoms with Crippen molar-refractivity contribution in [3.05, 3.63) is 82.1 Å². The molecule has 0 radical (unpaired) electrons. The molecule has 0 aliphatic rings. The average molecular weight is 376 g/mol. The Labute approximate surface area is 154 Å². The molecule has 1 amide bonds. The van der Waals surface area contributed by atoms with E-state index in [1.54, 1.807) is 42.8 Å². The maximum Gasteiger partial charge on any atom is 0.255 e. The van der Waals surface area contributed by atoms with E-state index in [2.05, 4.69) is 10.4 Å². The van der Waals surface area contributed by atoms with Gasteiger partial charge < -0.3 is 5.32 Å². The minimum Gasteiger partial charge on any atom is -0.345 e. The highest BCUT2D eigenvalue weighted by atomic mass is 35.5. The van der Waals surface area contributed by atoms with E-state index < -0.39 is 17.7 Å². The molecular formula is C19H16ClF2N3O. The summed E-state index contributed by atoms with van der Waals surface area (Å²) in [7, 11) is 0. The molecular weight excluding hydrogens is 360 g/mol. The first-order valence-corrected chi connectivity index (χ1v) is 8.31. The van der Waals surface area contributed by atoms with Crippen molar-refractivity contribution < 1.29 is 13.6 Å². The molecule has 7 heteroatoms. The Kier molecular flexibility index (Phi) is 5.04. The molecule has 0 aliphatic heterocycles. The van der Waals surface area contributed by atoms with Crippen LogP contribution < -0.4 is 5.32 Å². The predicted octanol–water partition coefficient (Wildman–Crippen LogP) is 4.60. The zero-order chi connectivity index (χ0) is 18.8. The van der Waals surface area contributed by atoms with Crippen molar-refractivity contribution in [1.29, 1.82) is 0 Å². The molecule has 134 valence electrons. The first-order valence-electron chi connectivity index (χ1n) is 7.93. The van der Waals surface area contributed by atoms with Crippen LogP contribution in [0.15, 0.2) is 48.7 Å². The summed E-state index contributed by atoms with van der Waals surface area (Å²) in [6.07, 6.45) is 1.45. The Balaban J connectivity index is 1.81. The number of halogens is 3. The van der Waals surface area contributed by atoms with Gasteiger partial charge in [-0.3, -0.25) is 4.79 Å². The predicted molar refractivity (Wildman–Crippen MR) is 95.6 cm³/mol. The van der Waals surface area contributed by atoms with E-state index in [1.807, 2.05) is 0 Å². The van der Waals surface area contributed by atoms with Crippen molar-refractivity contribution in [2.75, 3.05) is 0 Å². The molecule has 0 saturated heterocycles. The molecule has 1 heterocycles. The fourth-order valence-electron chi connectivity index (χ4n) is 2.68. The van der Waals surface area contributed by atoms with E-state index in [0.717, 1.165) is 17.8 Å². The van der Waals surface area contributed by atoms with Gasteiger partial charge in [0.1, 0.15) is 11.6 Å². The molecule has 0 spiro atoms. The molecule has 0 bridgehead atoms. The summed E-state index contributed by atoms with van der Waals surface area (Å²) in [5.41, 5.74) is 1.98. The van der Waals surface area contributed by atoms with Gasteiger partial charge in [0.05, 0.1) is 29.2 Å². The minimum atomic E-state index is -0.702. The summed E-state index contributed by atoms with van der Waals surface area (Å²) < 4.78 is 28.5. The summed E-state index contributed by atoms with van der Waals surface area (Å²) in [6.45, 7) is 3.40. The van der Waals surface area contributed by atoms with Crippen molar-refractivity contribution >= 4 is 17.5 Å². The Morgan fingerprint density at radius 3 is 2.54 bits per heavy atom. The van der Waals surface area contributed by atoms with Crippen LogP contribution in [0.4, 0.5) is 8.78 Å². The van der Waals surface area contributed by atoms with E-state index in [4.69, 9.17) is 11.6 Å². The van der Waals surface area contributed by atoms with Gasteiger partial charge in [-0.2, -0.15) is 5.10 Å². The molecule has 0 fully saturated rings. The fraction of sp³-hybridized carbons (Fsp3) is 0.158. The maximum atomic E-state index is 13.9. The molecule has 0 saturated carbocycles. The Hall–Kier alpha value is -2.73. The Morgan fingerprint density at radius 2 is 1.88 bits per heavy atom. The second-order valence-electron chi connectivity index (χ2n) is 5.89. The molecule has 3 rings (SSSR count). The zero-order valence-electron chi connectivity index (χ0n) is 14.1. The van der Waals surface area contributed by atoms with Gasteiger partial charge in [0, 0.05) is 16.7 Å². The average Bonchev–Trinajstić information content (AvgIpc) is 2.97. The third kappa shape index (κ3) is 3.60. The van der Waals surface area contributed by atoms with Crippen molar-refractivity contribution in [1.82, 2.24) is 15.1 Å². The summed E-state index contributed by atoms with van der Waals surface area (Å²) >= 11 is 5.88. The van der Waals surface area contributed by atoms with Gasteiger partial charge in [-0.15, -0.1) is 0 Å². The van der Waals surface area contributed by atoms with Crippen molar-refractivity contribution in [3.63, 3.8) is 0 Å². The molecule has 1 atom stereocenters. The molecule has 2 aromatic carbocycles. The Bertz CT molecular complexity index is 954. The molecule has 26 heavy (non-hydrogen) atoms. The van der Waals surface area contributed by atoms with Gasteiger partial charge in [-0.05, 0) is 44.2 Å². The number of nitrogens with zero attached hydrogens (tertiary/aromatic N) is 2. The van der Waals surface area contributed by atoms with Gasteiger partial charge in [0.25, 0.3) is 5.91 Å². The number of rotatable bonds is 4. The zero-order valence-corrected chi connectivity index (χ0v) is 14.9. The third-order valence-corrected chi connectivity index (χ3v) is 4.35. The molecule has 4 nitrogen and oxygen atoms in total. The largest absolute Gasteiger partial charge is 0.345 e. The van der Waals surface area contributed by atoms with Crippen LogP contribution in [0.5, 0.6) is 0 Å². The van der Waals surface area contributed by atoms with Gasteiger partial charge >= 0.3 is 0 Å². The molecule has 0 aliphatic carbocycles. The molecule has 3 aromatic rings. The first-order chi connectivity index (χ1) is 12.4. The maximum absolute atomic E-state index is 13.9. The van der Waals surface area contributed by atoms with Crippen LogP contribution in [0.25, 0.3) is 5.69 Å². The highest BCUT2D eigenvalue weighted by molar-refractivity contribution is 6.30. The lowest BCUT2D eigenvalue weighted by Gasteiger charge is -2.15. The fourth-order valence-corrected chi connectivity index (χ4v) is 2.81. The topological polar surface area (TPSA) is 46.9 Å². The summed E-state index contributed by atoms with van der Waals surface area (Å²) in [4.78, 5) is 12.5. The second-order valence-corrected chi connectivity index (χ2v) is 6.33. The number of carbonyl (C=O) groups is 1. The monoisotopic (exact) mass is 375 g/mol. The third-order valence-electron chi connectivity index (χ3n) is 4.10. The van der Waals surface area contributed by atoms with Crippen molar-refractivity contribution in [2.45, 2.75) is 19.9 Å². The van der Waals surface area contributed by atoms with Crippen LogP contribution in [-0.4, -0.2) is 15.7 Å². The second kappa shape index (κ2) is 7.25. The van der Waals surface area contributed by atoms with Crippen molar-refractivity contribution in [2.24, 2.45) is 0 Å². The number of carbonyl (C=O) groups excluding carboxylic acids is 1. The number of aromatic nitrogens is 2. The minimum absolute atomic E-state index is 0.211. The quantitative estimate of drug-likeness (QED) is 0.724. The van der Waals surface area contributed by atoms with E-state index >= 15 is 0 Å². The lowest BCUT2D eigenvalue weighted by Crippen LogP contribution is -2.27. The number of hydrogen-bond donors (Lipinski definition) is 1. The summed E-state index contributed by atoms with van der Waals surface area (Å²) in [5.74, 6) is -1.75. The smallest absolute Gasteiger partial charge is 0.255 e. The van der Waals surface area contributed by atoms with E-state index in [9.17, 15) is 13.6 Å². The lowest BCUT2D eigenvalue weighted by molar-refractivity contribution is 0.0938. The number of nitrogens with one attached hydrogen (secondary N) is 1. The number of amides is 1. The van der Waals surface area contributed by atoms with Crippen LogP contribution in [0, 0.1) is 18.6 Å². The summed E-state index contributed by atoms with van der Waals surface area (Å²) in [6, 6.07) is 9.70.